The van der Waals surface area contributed by atoms with E-state index in [4.69, 9.17) is 11.6 Å². The normalized spacial score (nSPS) is 15.2. The molecule has 0 spiro atoms. The quantitative estimate of drug-likeness (QED) is 0.556. The van der Waals surface area contributed by atoms with Crippen molar-refractivity contribution in [1.82, 2.24) is 15.5 Å². The van der Waals surface area contributed by atoms with Crippen LogP contribution in [0.5, 0.6) is 5.75 Å². The molecule has 7 nitrogen and oxygen atoms in total. The zero-order chi connectivity index (χ0) is 24.9. The van der Waals surface area contributed by atoms with E-state index in [-0.39, 0.29) is 39.9 Å². The van der Waals surface area contributed by atoms with Gasteiger partial charge in [0.05, 0.1) is 10.6 Å². The van der Waals surface area contributed by atoms with E-state index in [1.54, 1.807) is 0 Å². The predicted octanol–water partition coefficient (Wildman–Crippen LogP) is 3.37. The standard InChI is InChI=1S/C22H25ClF3N3O4S/c1-2-34(31,32)20-6-5-18(23)11-17(20)13-28-21(30)15-3-4-16(14-29-9-7-27-8-10-29)19(12-15)33-22(24,25)26/h3-6,11-12,27H,2,7-10,13-14H2,1H3,(H,28,30). The van der Waals surface area contributed by atoms with Crippen molar-refractivity contribution in [3.63, 3.8) is 0 Å². The number of carbonyl (C=O) groups is 1. The smallest absolute Gasteiger partial charge is 0.405 e. The predicted molar refractivity (Wildman–Crippen MR) is 122 cm³/mol. The number of alkyl halides is 3. The molecule has 0 atom stereocenters. The van der Waals surface area contributed by atoms with Crippen LogP contribution in [0.4, 0.5) is 13.2 Å². The van der Waals surface area contributed by atoms with Gasteiger partial charge >= 0.3 is 6.36 Å². The van der Waals surface area contributed by atoms with Crippen molar-refractivity contribution >= 4 is 27.3 Å². The lowest BCUT2D eigenvalue weighted by Gasteiger charge is -2.28. The molecule has 1 heterocycles. The molecule has 3 rings (SSSR count). The Labute approximate surface area is 201 Å². The highest BCUT2D eigenvalue weighted by molar-refractivity contribution is 7.91. The molecule has 186 valence electrons. The molecule has 12 heteroatoms. The first-order valence-corrected chi connectivity index (χ1v) is 12.6. The Morgan fingerprint density at radius 3 is 2.50 bits per heavy atom. The van der Waals surface area contributed by atoms with Crippen LogP contribution in [0.3, 0.4) is 0 Å². The molecular formula is C22H25ClF3N3O4S. The van der Waals surface area contributed by atoms with E-state index in [2.05, 4.69) is 15.4 Å². The molecule has 2 aromatic rings. The first-order chi connectivity index (χ1) is 16.0. The maximum absolute atomic E-state index is 13.0. The second-order valence-electron chi connectivity index (χ2n) is 7.73. The van der Waals surface area contributed by atoms with E-state index >= 15 is 0 Å². The lowest BCUT2D eigenvalue weighted by atomic mass is 10.1. The molecule has 1 aliphatic heterocycles. The number of hydrogen-bond donors (Lipinski definition) is 2. The van der Waals surface area contributed by atoms with Crippen molar-refractivity contribution in [3.8, 4) is 5.75 Å². The van der Waals surface area contributed by atoms with Crippen LogP contribution >= 0.6 is 11.6 Å². The highest BCUT2D eigenvalue weighted by atomic mass is 35.5. The third-order valence-corrected chi connectivity index (χ3v) is 7.40. The fourth-order valence-corrected chi connectivity index (χ4v) is 4.89. The maximum atomic E-state index is 13.0. The van der Waals surface area contributed by atoms with Gasteiger partial charge in [-0.05, 0) is 35.9 Å². The first kappa shape index (κ1) is 26.3. The molecule has 0 aliphatic carbocycles. The van der Waals surface area contributed by atoms with Gasteiger partial charge in [-0.15, -0.1) is 13.2 Å². The number of nitrogens with one attached hydrogen (secondary N) is 2. The Bertz CT molecular complexity index is 1140. The average Bonchev–Trinajstić information content (AvgIpc) is 2.78. The summed E-state index contributed by atoms with van der Waals surface area (Å²) in [5.41, 5.74) is 0.539. The van der Waals surface area contributed by atoms with Crippen LogP contribution in [0.1, 0.15) is 28.4 Å². The van der Waals surface area contributed by atoms with Gasteiger partial charge < -0.3 is 15.4 Å². The van der Waals surface area contributed by atoms with Crippen molar-refractivity contribution < 1.29 is 31.1 Å². The summed E-state index contributed by atoms with van der Waals surface area (Å²) in [6, 6.07) is 8.12. The van der Waals surface area contributed by atoms with Crippen LogP contribution in [-0.4, -0.2) is 57.5 Å². The second-order valence-corrected chi connectivity index (χ2v) is 10.4. The molecule has 34 heavy (non-hydrogen) atoms. The first-order valence-electron chi connectivity index (χ1n) is 10.6. The van der Waals surface area contributed by atoms with Gasteiger partial charge in [0.15, 0.2) is 9.84 Å². The van der Waals surface area contributed by atoms with Crippen LogP contribution in [0, 0.1) is 0 Å². The number of carbonyl (C=O) groups excluding carboxylic acids is 1. The minimum Gasteiger partial charge on any atom is -0.405 e. The molecule has 0 bridgehead atoms. The van der Waals surface area contributed by atoms with Crippen LogP contribution < -0.4 is 15.4 Å². The molecule has 1 saturated heterocycles. The molecule has 0 unspecified atom stereocenters. The van der Waals surface area contributed by atoms with Crippen LogP contribution in [-0.2, 0) is 22.9 Å². The number of rotatable bonds is 8. The molecule has 2 N–H and O–H groups in total. The number of amides is 1. The number of piperazine rings is 1. The summed E-state index contributed by atoms with van der Waals surface area (Å²) in [4.78, 5) is 14.7. The van der Waals surface area contributed by atoms with Gasteiger partial charge in [-0.25, -0.2) is 8.42 Å². The summed E-state index contributed by atoms with van der Waals surface area (Å²) in [5, 5.41) is 6.02. The number of halogens is 4. The molecule has 1 fully saturated rings. The molecule has 0 aromatic heterocycles. The lowest BCUT2D eigenvalue weighted by Crippen LogP contribution is -2.43. The third-order valence-electron chi connectivity index (χ3n) is 5.34. The Kier molecular flexibility index (Phi) is 8.45. The summed E-state index contributed by atoms with van der Waals surface area (Å²) in [5.74, 6) is -1.27. The van der Waals surface area contributed by atoms with Crippen molar-refractivity contribution in [3.05, 3.63) is 58.1 Å². The Morgan fingerprint density at radius 1 is 1.15 bits per heavy atom. The fraction of sp³-hybridized carbons (Fsp3) is 0.409. The van der Waals surface area contributed by atoms with Crippen molar-refractivity contribution in [2.24, 2.45) is 0 Å². The van der Waals surface area contributed by atoms with Crippen LogP contribution in [0.15, 0.2) is 41.3 Å². The van der Waals surface area contributed by atoms with E-state index in [1.807, 2.05) is 4.90 Å². The van der Waals surface area contributed by atoms with Gasteiger partial charge in [-0.2, -0.15) is 0 Å². The number of hydrogen-bond acceptors (Lipinski definition) is 6. The topological polar surface area (TPSA) is 87.7 Å². The molecule has 0 radical (unpaired) electrons. The van der Waals surface area contributed by atoms with Crippen molar-refractivity contribution in [2.75, 3.05) is 31.9 Å². The third kappa shape index (κ3) is 7.08. The summed E-state index contributed by atoms with van der Waals surface area (Å²) in [6.07, 6.45) is -4.92. The summed E-state index contributed by atoms with van der Waals surface area (Å²) in [7, 11) is -3.57. The Hall–Kier alpha value is -2.34. The van der Waals surface area contributed by atoms with Gasteiger partial charge in [-0.3, -0.25) is 9.69 Å². The van der Waals surface area contributed by atoms with Crippen molar-refractivity contribution in [1.29, 1.82) is 0 Å². The van der Waals surface area contributed by atoms with Crippen LogP contribution in [0.25, 0.3) is 0 Å². The molecule has 1 amide bonds. The Morgan fingerprint density at radius 2 is 1.85 bits per heavy atom. The highest BCUT2D eigenvalue weighted by Gasteiger charge is 2.32. The number of ether oxygens (including phenoxy) is 1. The average molecular weight is 520 g/mol. The van der Waals surface area contributed by atoms with Crippen LogP contribution in [0.2, 0.25) is 5.02 Å². The largest absolute Gasteiger partial charge is 0.573 e. The zero-order valence-corrected chi connectivity index (χ0v) is 20.0. The highest BCUT2D eigenvalue weighted by Crippen LogP contribution is 2.29. The monoisotopic (exact) mass is 519 g/mol. The number of sulfone groups is 1. The summed E-state index contributed by atoms with van der Waals surface area (Å²) in [6.45, 7) is 4.38. The summed E-state index contributed by atoms with van der Waals surface area (Å²) >= 11 is 5.98. The van der Waals surface area contributed by atoms with E-state index in [9.17, 15) is 26.4 Å². The number of nitrogens with zero attached hydrogens (tertiary/aromatic N) is 1. The van der Waals surface area contributed by atoms with Gasteiger partial charge in [0, 0.05) is 55.4 Å². The molecule has 1 aliphatic rings. The molecule has 0 saturated carbocycles. The minimum absolute atomic E-state index is 0.0344. The summed E-state index contributed by atoms with van der Waals surface area (Å²) < 4.78 is 67.9. The van der Waals surface area contributed by atoms with E-state index in [0.29, 0.717) is 18.7 Å². The van der Waals surface area contributed by atoms with Gasteiger partial charge in [-0.1, -0.05) is 24.6 Å². The van der Waals surface area contributed by atoms with Gasteiger partial charge in [0.1, 0.15) is 5.75 Å². The number of benzene rings is 2. The molecule has 2 aromatic carbocycles. The SMILES string of the molecule is CCS(=O)(=O)c1ccc(Cl)cc1CNC(=O)c1ccc(CN2CCNCC2)c(OC(F)(F)F)c1. The van der Waals surface area contributed by atoms with E-state index in [1.165, 1.54) is 37.3 Å². The van der Waals surface area contributed by atoms with Crippen molar-refractivity contribution in [2.45, 2.75) is 31.3 Å². The molecular weight excluding hydrogens is 495 g/mol. The Balaban J connectivity index is 1.81. The maximum Gasteiger partial charge on any atom is 0.573 e. The van der Waals surface area contributed by atoms with E-state index in [0.717, 1.165) is 19.2 Å². The van der Waals surface area contributed by atoms with Gasteiger partial charge in [0.25, 0.3) is 5.91 Å². The zero-order valence-electron chi connectivity index (χ0n) is 18.4. The van der Waals surface area contributed by atoms with E-state index < -0.39 is 27.9 Å². The lowest BCUT2D eigenvalue weighted by molar-refractivity contribution is -0.275. The fourth-order valence-electron chi connectivity index (χ4n) is 3.58. The minimum atomic E-state index is -4.92. The second kappa shape index (κ2) is 10.9. The van der Waals surface area contributed by atoms with Gasteiger partial charge in [0.2, 0.25) is 0 Å².